The molecular formula is C10H20ClNO4S. The molecule has 2 atom stereocenters. The fourth-order valence-electron chi connectivity index (χ4n) is 1.85. The van der Waals surface area contributed by atoms with Crippen molar-refractivity contribution in [1.29, 1.82) is 0 Å². The molecule has 1 saturated carbocycles. The van der Waals surface area contributed by atoms with Gasteiger partial charge in [0.15, 0.2) is 0 Å². The Kier molecular flexibility index (Phi) is 5.17. The van der Waals surface area contributed by atoms with Crippen molar-refractivity contribution in [3.05, 3.63) is 0 Å². The van der Waals surface area contributed by atoms with Crippen molar-refractivity contribution in [1.82, 2.24) is 0 Å². The Morgan fingerprint density at radius 1 is 1.41 bits per heavy atom. The molecule has 1 aliphatic rings. The van der Waals surface area contributed by atoms with Gasteiger partial charge in [0.25, 0.3) is 10.1 Å². The maximum Gasteiger partial charge on any atom is 0.266 e. The monoisotopic (exact) mass is 285 g/mol. The van der Waals surface area contributed by atoms with Crippen molar-refractivity contribution in [3.63, 3.8) is 0 Å². The Morgan fingerprint density at radius 2 is 1.76 bits per heavy atom. The predicted octanol–water partition coefficient (Wildman–Crippen LogP) is 1.27. The van der Waals surface area contributed by atoms with Crippen molar-refractivity contribution in [2.75, 3.05) is 12.3 Å². The summed E-state index contributed by atoms with van der Waals surface area (Å²) in [7, 11) is -3.80. The van der Waals surface area contributed by atoms with Crippen molar-refractivity contribution >= 4 is 27.0 Å². The van der Waals surface area contributed by atoms with Gasteiger partial charge in [0, 0.05) is 6.54 Å². The first-order chi connectivity index (χ1) is 7.41. The Labute approximate surface area is 107 Å². The lowest BCUT2D eigenvalue weighted by molar-refractivity contribution is -0.117. The van der Waals surface area contributed by atoms with Crippen LogP contribution in [0.1, 0.15) is 27.7 Å². The summed E-state index contributed by atoms with van der Waals surface area (Å²) >= 11 is 5.46. The third-order valence-corrected chi connectivity index (χ3v) is 5.13. The van der Waals surface area contributed by atoms with Crippen LogP contribution in [-0.2, 0) is 14.9 Å². The van der Waals surface area contributed by atoms with Gasteiger partial charge >= 0.3 is 0 Å². The van der Waals surface area contributed by atoms with E-state index in [-0.39, 0.29) is 28.4 Å². The average Bonchev–Trinajstić information content (AvgIpc) is 2.50. The SMILES string of the molecule is CC1C(C)(C)C1(C)C(=O)Cl.NCCS(=O)(=O)O. The minimum atomic E-state index is -3.80. The fourth-order valence-corrected chi connectivity index (χ4v) is 2.55. The van der Waals surface area contributed by atoms with E-state index in [1.807, 2.05) is 6.92 Å². The van der Waals surface area contributed by atoms with Crippen LogP contribution in [0.3, 0.4) is 0 Å². The second-order valence-electron chi connectivity index (χ2n) is 4.99. The van der Waals surface area contributed by atoms with E-state index in [9.17, 15) is 13.2 Å². The summed E-state index contributed by atoms with van der Waals surface area (Å²) < 4.78 is 27.3. The number of halogens is 1. The molecule has 0 saturated heterocycles. The lowest BCUT2D eigenvalue weighted by Gasteiger charge is -2.06. The average molecular weight is 286 g/mol. The number of carbonyl (C=O) groups is 1. The van der Waals surface area contributed by atoms with E-state index in [0.29, 0.717) is 5.92 Å². The molecule has 0 aromatic rings. The third-order valence-electron chi connectivity index (χ3n) is 3.99. The van der Waals surface area contributed by atoms with E-state index in [1.54, 1.807) is 0 Å². The Bertz CT molecular complexity index is 393. The first-order valence-electron chi connectivity index (χ1n) is 5.26. The van der Waals surface area contributed by atoms with E-state index in [4.69, 9.17) is 21.9 Å². The molecule has 2 unspecified atom stereocenters. The fraction of sp³-hybridized carbons (Fsp3) is 0.900. The highest BCUT2D eigenvalue weighted by atomic mass is 35.5. The van der Waals surface area contributed by atoms with Crippen LogP contribution < -0.4 is 5.73 Å². The maximum atomic E-state index is 10.9. The van der Waals surface area contributed by atoms with E-state index in [2.05, 4.69) is 20.8 Å². The van der Waals surface area contributed by atoms with Crippen LogP contribution in [0.5, 0.6) is 0 Å². The summed E-state index contributed by atoms with van der Waals surface area (Å²) in [6.45, 7) is 8.14. The lowest BCUT2D eigenvalue weighted by atomic mass is 10.0. The van der Waals surface area contributed by atoms with Gasteiger partial charge in [-0.3, -0.25) is 9.35 Å². The van der Waals surface area contributed by atoms with E-state index in [0.717, 1.165) is 0 Å². The summed E-state index contributed by atoms with van der Waals surface area (Å²) in [5.74, 6) is 0.0671. The standard InChI is InChI=1S/C8H13ClO.C2H7NO3S/c1-5-7(2,3)8(5,4)6(9)10;3-1-2-7(4,5)6/h5H,1-4H3;1-3H2,(H,4,5,6). The van der Waals surface area contributed by atoms with Gasteiger partial charge in [0.2, 0.25) is 5.24 Å². The normalized spacial score (nSPS) is 30.2. The number of hydrogen-bond donors (Lipinski definition) is 2. The van der Waals surface area contributed by atoms with Crippen LogP contribution in [0.25, 0.3) is 0 Å². The Balaban J connectivity index is 0.000000325. The summed E-state index contributed by atoms with van der Waals surface area (Å²) in [5.41, 5.74) is 4.61. The number of nitrogens with two attached hydrogens (primary N) is 1. The number of hydrogen-bond acceptors (Lipinski definition) is 4. The highest BCUT2D eigenvalue weighted by molar-refractivity contribution is 7.85. The first kappa shape index (κ1) is 16.8. The molecule has 0 heterocycles. The molecule has 0 amide bonds. The van der Waals surface area contributed by atoms with Gasteiger partial charge in [-0.1, -0.05) is 27.7 Å². The molecule has 102 valence electrons. The Hall–Kier alpha value is -0.170. The quantitative estimate of drug-likeness (QED) is 0.601. The first-order valence-corrected chi connectivity index (χ1v) is 7.25. The molecule has 1 fully saturated rings. The molecular weight excluding hydrogens is 266 g/mol. The summed E-state index contributed by atoms with van der Waals surface area (Å²) in [6, 6.07) is 0. The van der Waals surface area contributed by atoms with E-state index in [1.165, 1.54) is 0 Å². The molecule has 0 spiro atoms. The van der Waals surface area contributed by atoms with Crippen LogP contribution in [0.15, 0.2) is 0 Å². The van der Waals surface area contributed by atoms with Crippen molar-refractivity contribution < 1.29 is 17.8 Å². The van der Waals surface area contributed by atoms with Crippen LogP contribution in [0.2, 0.25) is 0 Å². The van der Waals surface area contributed by atoms with Crippen molar-refractivity contribution in [2.45, 2.75) is 27.7 Å². The van der Waals surface area contributed by atoms with Crippen molar-refractivity contribution in [3.8, 4) is 0 Å². The molecule has 0 radical (unpaired) electrons. The molecule has 0 bridgehead atoms. The van der Waals surface area contributed by atoms with Gasteiger partial charge in [0.1, 0.15) is 0 Å². The molecule has 5 nitrogen and oxygen atoms in total. The highest BCUT2D eigenvalue weighted by Gasteiger charge is 2.69. The Morgan fingerprint density at radius 3 is 1.76 bits per heavy atom. The second-order valence-corrected chi connectivity index (χ2v) is 6.91. The predicted molar refractivity (Wildman–Crippen MR) is 67.4 cm³/mol. The molecule has 0 aromatic carbocycles. The minimum absolute atomic E-state index is 0.0289. The zero-order valence-corrected chi connectivity index (χ0v) is 12.1. The molecule has 0 aromatic heterocycles. The maximum absolute atomic E-state index is 10.9. The summed E-state index contributed by atoms with van der Waals surface area (Å²) in [4.78, 5) is 10.9. The summed E-state index contributed by atoms with van der Waals surface area (Å²) in [5, 5.41) is -0.190. The number of rotatable bonds is 3. The molecule has 1 rings (SSSR count). The van der Waals surface area contributed by atoms with Crippen LogP contribution >= 0.6 is 11.6 Å². The smallest absolute Gasteiger partial charge is 0.266 e. The lowest BCUT2D eigenvalue weighted by Crippen LogP contribution is -2.13. The number of carbonyl (C=O) groups excluding carboxylic acids is 1. The zero-order valence-electron chi connectivity index (χ0n) is 10.5. The van der Waals surface area contributed by atoms with E-state index < -0.39 is 10.1 Å². The van der Waals surface area contributed by atoms with E-state index >= 15 is 0 Å². The van der Waals surface area contributed by atoms with Crippen LogP contribution in [0.4, 0.5) is 0 Å². The highest BCUT2D eigenvalue weighted by Crippen LogP contribution is 2.69. The third kappa shape index (κ3) is 3.64. The van der Waals surface area contributed by atoms with Crippen molar-refractivity contribution in [2.24, 2.45) is 22.5 Å². The minimum Gasteiger partial charge on any atom is -0.329 e. The zero-order chi connectivity index (χ0) is 14.1. The van der Waals surface area contributed by atoms with Gasteiger partial charge < -0.3 is 5.73 Å². The largest absolute Gasteiger partial charge is 0.329 e. The van der Waals surface area contributed by atoms with Gasteiger partial charge in [-0.05, 0) is 22.9 Å². The van der Waals surface area contributed by atoms with Crippen LogP contribution in [-0.4, -0.2) is 30.5 Å². The molecule has 3 N–H and O–H groups in total. The molecule has 7 heteroatoms. The van der Waals surface area contributed by atoms with Gasteiger partial charge in [0.05, 0.1) is 11.2 Å². The van der Waals surface area contributed by atoms with Crippen LogP contribution in [0, 0.1) is 16.7 Å². The molecule has 1 aliphatic carbocycles. The molecule has 0 aliphatic heterocycles. The second kappa shape index (κ2) is 5.22. The van der Waals surface area contributed by atoms with Gasteiger partial charge in [-0.15, -0.1) is 0 Å². The molecule has 17 heavy (non-hydrogen) atoms. The van der Waals surface area contributed by atoms with Gasteiger partial charge in [-0.2, -0.15) is 8.42 Å². The topological polar surface area (TPSA) is 97.5 Å². The van der Waals surface area contributed by atoms with Gasteiger partial charge in [-0.25, -0.2) is 0 Å². The summed E-state index contributed by atoms with van der Waals surface area (Å²) in [6.07, 6.45) is 0.